The maximum absolute atomic E-state index is 13.3. The second-order valence-corrected chi connectivity index (χ2v) is 3.55. The summed E-state index contributed by atoms with van der Waals surface area (Å²) in [5, 5.41) is 11.1. The van der Waals surface area contributed by atoms with Gasteiger partial charge < -0.3 is 9.94 Å². The van der Waals surface area contributed by atoms with Crippen molar-refractivity contribution < 1.29 is 14.3 Å². The van der Waals surface area contributed by atoms with Crippen molar-refractivity contribution in [1.29, 1.82) is 0 Å². The summed E-state index contributed by atoms with van der Waals surface area (Å²) in [6, 6.07) is 6.42. The van der Waals surface area contributed by atoms with E-state index in [1.807, 2.05) is 0 Å². The molecule has 0 radical (unpaired) electrons. The third-order valence-electron chi connectivity index (χ3n) is 1.98. The van der Waals surface area contributed by atoms with Gasteiger partial charge in [0, 0.05) is 0 Å². The Morgan fingerprint density at radius 1 is 1.33 bits per heavy atom. The van der Waals surface area contributed by atoms with Crippen molar-refractivity contribution in [3.05, 3.63) is 47.1 Å². The Hall–Kier alpha value is -2.21. The number of halogens is 2. The minimum atomic E-state index is -0.708. The van der Waals surface area contributed by atoms with Crippen molar-refractivity contribution in [1.82, 2.24) is 9.97 Å². The van der Waals surface area contributed by atoms with E-state index < -0.39 is 5.82 Å². The van der Waals surface area contributed by atoms with Crippen LogP contribution in [0.15, 0.2) is 35.6 Å². The van der Waals surface area contributed by atoms with Crippen molar-refractivity contribution in [2.24, 2.45) is 5.16 Å². The average Bonchev–Trinajstić information content (AvgIpc) is 2.37. The van der Waals surface area contributed by atoms with Gasteiger partial charge in [-0.2, -0.15) is 9.37 Å². The molecule has 5 nitrogen and oxygen atoms in total. The molecule has 1 aromatic heterocycles. The van der Waals surface area contributed by atoms with Gasteiger partial charge in [-0.25, -0.2) is 4.98 Å². The topological polar surface area (TPSA) is 67.6 Å². The average molecular weight is 268 g/mol. The molecule has 0 aliphatic heterocycles. The summed E-state index contributed by atoms with van der Waals surface area (Å²) >= 11 is 5.54. The Morgan fingerprint density at radius 3 is 2.72 bits per heavy atom. The van der Waals surface area contributed by atoms with Crippen molar-refractivity contribution in [2.45, 2.75) is 0 Å². The Morgan fingerprint density at radius 2 is 2.06 bits per heavy atom. The van der Waals surface area contributed by atoms with E-state index >= 15 is 0 Å². The molecular formula is C11H7ClFN3O2. The fourth-order valence-electron chi connectivity index (χ4n) is 1.20. The fraction of sp³-hybridized carbons (Fsp3) is 0. The first kappa shape index (κ1) is 12.3. The Bertz CT molecular complexity index is 575. The molecule has 0 bridgehead atoms. The minimum Gasteiger partial charge on any atom is -0.436 e. The maximum Gasteiger partial charge on any atom is 0.260 e. The number of oxime groups is 1. The summed E-state index contributed by atoms with van der Waals surface area (Å²) in [5.74, 6) is -0.585. The molecule has 0 atom stereocenters. The molecule has 7 heteroatoms. The van der Waals surface area contributed by atoms with Gasteiger partial charge in [-0.05, 0) is 41.4 Å². The molecule has 1 heterocycles. The maximum atomic E-state index is 13.3. The SMILES string of the molecule is O/N=C\c1ccc(Oc2nc(Cl)ncc2F)cc1. The zero-order valence-electron chi connectivity index (χ0n) is 8.92. The Kier molecular flexibility index (Phi) is 3.69. The third-order valence-corrected chi connectivity index (χ3v) is 2.17. The zero-order chi connectivity index (χ0) is 13.0. The zero-order valence-corrected chi connectivity index (χ0v) is 9.67. The summed E-state index contributed by atoms with van der Waals surface area (Å²) < 4.78 is 18.5. The van der Waals surface area contributed by atoms with Crippen molar-refractivity contribution in [3.63, 3.8) is 0 Å². The molecule has 18 heavy (non-hydrogen) atoms. The molecule has 0 saturated heterocycles. The molecule has 2 rings (SSSR count). The van der Waals surface area contributed by atoms with E-state index in [2.05, 4.69) is 15.1 Å². The van der Waals surface area contributed by atoms with E-state index in [1.54, 1.807) is 24.3 Å². The molecule has 0 fully saturated rings. The van der Waals surface area contributed by atoms with E-state index in [0.29, 0.717) is 11.3 Å². The highest BCUT2D eigenvalue weighted by atomic mass is 35.5. The van der Waals surface area contributed by atoms with Crippen LogP contribution in [0.5, 0.6) is 11.6 Å². The highest BCUT2D eigenvalue weighted by Gasteiger charge is 2.08. The van der Waals surface area contributed by atoms with Gasteiger partial charge in [-0.3, -0.25) is 0 Å². The lowest BCUT2D eigenvalue weighted by molar-refractivity contribution is 0.322. The molecule has 1 aromatic carbocycles. The smallest absolute Gasteiger partial charge is 0.260 e. The van der Waals surface area contributed by atoms with Crippen molar-refractivity contribution >= 4 is 17.8 Å². The Labute approximate surface area is 107 Å². The van der Waals surface area contributed by atoms with Gasteiger partial charge in [-0.15, -0.1) is 0 Å². The summed E-state index contributed by atoms with van der Waals surface area (Å²) in [6.07, 6.45) is 2.18. The largest absolute Gasteiger partial charge is 0.436 e. The quantitative estimate of drug-likeness (QED) is 0.402. The van der Waals surface area contributed by atoms with Gasteiger partial charge >= 0.3 is 0 Å². The van der Waals surface area contributed by atoms with E-state index in [-0.39, 0.29) is 11.2 Å². The molecule has 0 aliphatic rings. The van der Waals surface area contributed by atoms with Crippen LogP contribution in [-0.4, -0.2) is 21.4 Å². The first-order chi connectivity index (χ1) is 8.69. The lowest BCUT2D eigenvalue weighted by atomic mass is 10.2. The molecule has 0 saturated carbocycles. The minimum absolute atomic E-state index is 0.101. The number of nitrogens with zero attached hydrogens (tertiary/aromatic N) is 3. The molecule has 92 valence electrons. The molecular weight excluding hydrogens is 261 g/mol. The van der Waals surface area contributed by atoms with E-state index in [4.69, 9.17) is 21.5 Å². The molecule has 1 N–H and O–H groups in total. The number of aromatic nitrogens is 2. The van der Waals surface area contributed by atoms with E-state index in [9.17, 15) is 4.39 Å². The van der Waals surface area contributed by atoms with Crippen LogP contribution in [0, 0.1) is 5.82 Å². The van der Waals surface area contributed by atoms with Gasteiger partial charge in [0.2, 0.25) is 11.1 Å². The van der Waals surface area contributed by atoms with Crippen molar-refractivity contribution in [3.8, 4) is 11.6 Å². The lowest BCUT2D eigenvalue weighted by Crippen LogP contribution is -1.94. The van der Waals surface area contributed by atoms with Gasteiger partial charge in [-0.1, -0.05) is 5.16 Å². The van der Waals surface area contributed by atoms with Crippen LogP contribution in [0.2, 0.25) is 5.28 Å². The first-order valence-electron chi connectivity index (χ1n) is 4.82. The molecule has 0 aliphatic carbocycles. The molecule has 0 spiro atoms. The summed E-state index contributed by atoms with van der Waals surface area (Å²) in [6.45, 7) is 0. The van der Waals surface area contributed by atoms with Crippen LogP contribution >= 0.6 is 11.6 Å². The number of rotatable bonds is 3. The van der Waals surface area contributed by atoms with Crippen LogP contribution in [0.3, 0.4) is 0 Å². The molecule has 0 amide bonds. The van der Waals surface area contributed by atoms with Crippen LogP contribution < -0.4 is 4.74 Å². The predicted octanol–water partition coefficient (Wildman–Crippen LogP) is 2.87. The molecule has 2 aromatic rings. The van der Waals surface area contributed by atoms with Gasteiger partial charge in [0.1, 0.15) is 5.75 Å². The number of ether oxygens (including phenoxy) is 1. The van der Waals surface area contributed by atoms with Crippen LogP contribution in [-0.2, 0) is 0 Å². The second-order valence-electron chi connectivity index (χ2n) is 3.21. The summed E-state index contributed by atoms with van der Waals surface area (Å²) in [7, 11) is 0. The van der Waals surface area contributed by atoms with Crippen LogP contribution in [0.1, 0.15) is 5.56 Å². The van der Waals surface area contributed by atoms with Crippen LogP contribution in [0.25, 0.3) is 0 Å². The highest BCUT2D eigenvalue weighted by molar-refractivity contribution is 6.28. The predicted molar refractivity (Wildman–Crippen MR) is 62.9 cm³/mol. The number of benzene rings is 1. The standard InChI is InChI=1S/C11H7ClFN3O2/c12-11-14-6-9(13)10(16-11)18-8-3-1-7(2-4-8)5-15-17/h1-6,17H/b15-5-. The lowest BCUT2D eigenvalue weighted by Gasteiger charge is -2.05. The number of hydrogen-bond acceptors (Lipinski definition) is 5. The molecule has 0 unspecified atom stereocenters. The van der Waals surface area contributed by atoms with Gasteiger partial charge in [0.15, 0.2) is 0 Å². The normalized spacial score (nSPS) is 10.8. The first-order valence-corrected chi connectivity index (χ1v) is 5.20. The summed E-state index contributed by atoms with van der Waals surface area (Å²) in [5.41, 5.74) is 0.672. The fourth-order valence-corrected chi connectivity index (χ4v) is 1.33. The monoisotopic (exact) mass is 267 g/mol. The third kappa shape index (κ3) is 2.92. The number of hydrogen-bond donors (Lipinski definition) is 1. The summed E-state index contributed by atoms with van der Waals surface area (Å²) in [4.78, 5) is 7.09. The van der Waals surface area contributed by atoms with E-state index in [0.717, 1.165) is 6.20 Å². The highest BCUT2D eigenvalue weighted by Crippen LogP contribution is 2.22. The van der Waals surface area contributed by atoms with Crippen LogP contribution in [0.4, 0.5) is 4.39 Å². The Balaban J connectivity index is 2.20. The van der Waals surface area contributed by atoms with Gasteiger partial charge in [0.05, 0.1) is 12.4 Å². The van der Waals surface area contributed by atoms with Gasteiger partial charge in [0.25, 0.3) is 5.88 Å². The van der Waals surface area contributed by atoms with Crippen molar-refractivity contribution in [2.75, 3.05) is 0 Å². The van der Waals surface area contributed by atoms with E-state index in [1.165, 1.54) is 6.21 Å². The second kappa shape index (κ2) is 5.42.